The Bertz CT molecular complexity index is 385. The van der Waals surface area contributed by atoms with Crippen LogP contribution < -0.4 is 5.32 Å². The van der Waals surface area contributed by atoms with Crippen molar-refractivity contribution >= 4 is 5.69 Å². The predicted octanol–water partition coefficient (Wildman–Crippen LogP) is 1.74. The molecule has 0 radical (unpaired) electrons. The lowest BCUT2D eigenvalue weighted by molar-refractivity contribution is 0.624. The molecule has 0 aromatic heterocycles. The van der Waals surface area contributed by atoms with Crippen LogP contribution in [0.3, 0.4) is 0 Å². The van der Waals surface area contributed by atoms with Crippen molar-refractivity contribution < 1.29 is 4.39 Å². The molecule has 0 atom stereocenters. The number of rotatable bonds is 2. The third-order valence-corrected chi connectivity index (χ3v) is 1.48. The molecular weight excluding hydrogens is 167 g/mol. The number of hydrogen-bond donors (Lipinski definition) is 1. The van der Waals surface area contributed by atoms with E-state index in [1.54, 1.807) is 6.07 Å². The topological polar surface area (TPSA) is 35.8 Å². The average molecular weight is 174 g/mol. The lowest BCUT2D eigenvalue weighted by Gasteiger charge is -2.02. The Morgan fingerprint density at radius 3 is 2.92 bits per heavy atom. The van der Waals surface area contributed by atoms with Crippen molar-refractivity contribution in [1.29, 1.82) is 5.26 Å². The van der Waals surface area contributed by atoms with Crippen LogP contribution in [0.2, 0.25) is 0 Å². The van der Waals surface area contributed by atoms with Gasteiger partial charge in [-0.1, -0.05) is 5.92 Å². The summed E-state index contributed by atoms with van der Waals surface area (Å²) in [7, 11) is 0. The largest absolute Gasteiger partial charge is 0.374 e. The van der Waals surface area contributed by atoms with E-state index in [1.165, 1.54) is 18.2 Å². The first-order chi connectivity index (χ1) is 6.27. The second-order valence-corrected chi connectivity index (χ2v) is 2.36. The first-order valence-electron chi connectivity index (χ1n) is 3.65. The standard InChI is InChI=1S/C10H7FN2/c1-2-5-13-9-3-4-10(11)8(6-9)7-12/h1,3-4,6,13H,5H2. The highest BCUT2D eigenvalue weighted by Gasteiger charge is 2.00. The summed E-state index contributed by atoms with van der Waals surface area (Å²) < 4.78 is 12.8. The maximum atomic E-state index is 12.8. The lowest BCUT2D eigenvalue weighted by atomic mass is 10.2. The minimum absolute atomic E-state index is 0.0158. The van der Waals surface area contributed by atoms with Crippen LogP contribution in [0, 0.1) is 29.5 Å². The van der Waals surface area contributed by atoms with Crippen LogP contribution in [0.25, 0.3) is 0 Å². The Kier molecular flexibility index (Phi) is 2.89. The second kappa shape index (κ2) is 4.13. The molecule has 0 unspecified atom stereocenters. The van der Waals surface area contributed by atoms with Gasteiger partial charge in [-0.05, 0) is 18.2 Å². The predicted molar refractivity (Wildman–Crippen MR) is 48.4 cm³/mol. The molecule has 1 aromatic rings. The smallest absolute Gasteiger partial charge is 0.141 e. The highest BCUT2D eigenvalue weighted by molar-refractivity contribution is 5.50. The maximum absolute atomic E-state index is 12.8. The number of nitrogens with one attached hydrogen (secondary N) is 1. The quantitative estimate of drug-likeness (QED) is 0.693. The molecule has 2 nitrogen and oxygen atoms in total. The molecule has 3 heteroatoms. The van der Waals surface area contributed by atoms with Gasteiger partial charge in [-0.3, -0.25) is 0 Å². The van der Waals surface area contributed by atoms with Crippen LogP contribution in [0.15, 0.2) is 18.2 Å². The zero-order chi connectivity index (χ0) is 9.68. The molecule has 1 rings (SSSR count). The molecule has 0 fully saturated rings. The van der Waals surface area contributed by atoms with Gasteiger partial charge in [-0.25, -0.2) is 4.39 Å². The minimum atomic E-state index is -0.520. The Morgan fingerprint density at radius 2 is 2.31 bits per heavy atom. The van der Waals surface area contributed by atoms with Gasteiger partial charge in [0.15, 0.2) is 0 Å². The molecule has 0 saturated carbocycles. The van der Waals surface area contributed by atoms with Crippen LogP contribution in [-0.2, 0) is 0 Å². The van der Waals surface area contributed by atoms with Gasteiger partial charge >= 0.3 is 0 Å². The second-order valence-electron chi connectivity index (χ2n) is 2.36. The molecule has 1 aromatic carbocycles. The maximum Gasteiger partial charge on any atom is 0.141 e. The van der Waals surface area contributed by atoms with Crippen LogP contribution in [0.5, 0.6) is 0 Å². The van der Waals surface area contributed by atoms with Gasteiger partial charge in [0, 0.05) is 5.69 Å². The number of hydrogen-bond acceptors (Lipinski definition) is 2. The number of nitriles is 1. The van der Waals surface area contributed by atoms with E-state index in [9.17, 15) is 4.39 Å². The normalized spacial score (nSPS) is 8.54. The Hall–Kier alpha value is -2.00. The molecular formula is C10H7FN2. The SMILES string of the molecule is C#CCNc1ccc(F)c(C#N)c1. The van der Waals surface area contributed by atoms with E-state index in [1.807, 2.05) is 0 Å². The molecule has 0 saturated heterocycles. The zero-order valence-electron chi connectivity index (χ0n) is 6.84. The molecule has 64 valence electrons. The summed E-state index contributed by atoms with van der Waals surface area (Å²) in [6.07, 6.45) is 5.03. The van der Waals surface area contributed by atoms with E-state index in [4.69, 9.17) is 11.7 Å². The Labute approximate surface area is 76.0 Å². The first kappa shape index (κ1) is 9.09. The summed E-state index contributed by atoms with van der Waals surface area (Å²) in [6.45, 7) is 0.358. The van der Waals surface area contributed by atoms with E-state index in [0.717, 1.165) is 0 Å². The third-order valence-electron chi connectivity index (χ3n) is 1.48. The van der Waals surface area contributed by atoms with Gasteiger partial charge in [0.25, 0.3) is 0 Å². The van der Waals surface area contributed by atoms with Crippen molar-refractivity contribution in [2.24, 2.45) is 0 Å². The van der Waals surface area contributed by atoms with Crippen LogP contribution in [0.4, 0.5) is 10.1 Å². The van der Waals surface area contributed by atoms with E-state index in [-0.39, 0.29) is 5.56 Å². The van der Waals surface area contributed by atoms with Crippen molar-refractivity contribution in [1.82, 2.24) is 0 Å². The van der Waals surface area contributed by atoms with Gasteiger partial charge in [-0.15, -0.1) is 6.42 Å². The summed E-state index contributed by atoms with van der Waals surface area (Å²) in [4.78, 5) is 0. The van der Waals surface area contributed by atoms with Crippen molar-refractivity contribution in [3.05, 3.63) is 29.6 Å². The molecule has 0 amide bonds. The molecule has 0 heterocycles. The summed E-state index contributed by atoms with van der Waals surface area (Å²) in [5, 5.41) is 11.4. The van der Waals surface area contributed by atoms with Crippen LogP contribution in [0.1, 0.15) is 5.56 Å². The van der Waals surface area contributed by atoms with Crippen LogP contribution >= 0.6 is 0 Å². The highest BCUT2D eigenvalue weighted by atomic mass is 19.1. The summed E-state index contributed by atoms with van der Waals surface area (Å²) in [6, 6.07) is 5.94. The van der Waals surface area contributed by atoms with Crippen molar-refractivity contribution in [3.63, 3.8) is 0 Å². The van der Waals surface area contributed by atoms with Gasteiger partial charge in [0.1, 0.15) is 11.9 Å². The van der Waals surface area contributed by atoms with Crippen molar-refractivity contribution in [3.8, 4) is 18.4 Å². The number of benzene rings is 1. The van der Waals surface area contributed by atoms with Crippen molar-refractivity contribution in [2.75, 3.05) is 11.9 Å². The van der Waals surface area contributed by atoms with Crippen LogP contribution in [-0.4, -0.2) is 6.54 Å². The fourth-order valence-corrected chi connectivity index (χ4v) is 0.874. The van der Waals surface area contributed by atoms with E-state index in [0.29, 0.717) is 12.2 Å². The van der Waals surface area contributed by atoms with Gasteiger partial charge in [-0.2, -0.15) is 5.26 Å². The van der Waals surface area contributed by atoms with E-state index in [2.05, 4.69) is 11.2 Å². The molecule has 0 aliphatic heterocycles. The third kappa shape index (κ3) is 2.21. The highest BCUT2D eigenvalue weighted by Crippen LogP contribution is 2.13. The summed E-state index contributed by atoms with van der Waals surface area (Å²) in [5.74, 6) is 1.86. The number of anilines is 1. The zero-order valence-corrected chi connectivity index (χ0v) is 6.84. The summed E-state index contributed by atoms with van der Waals surface area (Å²) in [5.41, 5.74) is 0.665. The minimum Gasteiger partial charge on any atom is -0.374 e. The molecule has 13 heavy (non-hydrogen) atoms. The molecule has 0 aliphatic rings. The molecule has 0 bridgehead atoms. The fourth-order valence-electron chi connectivity index (χ4n) is 0.874. The first-order valence-corrected chi connectivity index (χ1v) is 3.65. The molecule has 1 N–H and O–H groups in total. The van der Waals surface area contributed by atoms with Gasteiger partial charge in [0.2, 0.25) is 0 Å². The molecule has 0 aliphatic carbocycles. The summed E-state index contributed by atoms with van der Waals surface area (Å²) >= 11 is 0. The average Bonchev–Trinajstić information content (AvgIpc) is 2.16. The van der Waals surface area contributed by atoms with Crippen molar-refractivity contribution in [2.45, 2.75) is 0 Å². The van der Waals surface area contributed by atoms with E-state index >= 15 is 0 Å². The molecule has 0 spiro atoms. The lowest BCUT2D eigenvalue weighted by Crippen LogP contribution is -1.98. The monoisotopic (exact) mass is 174 g/mol. The van der Waals surface area contributed by atoms with E-state index < -0.39 is 5.82 Å². The fraction of sp³-hybridized carbons (Fsp3) is 0.100. The Balaban J connectivity index is 2.89. The number of terminal acetylenes is 1. The Morgan fingerprint density at radius 1 is 1.54 bits per heavy atom. The van der Waals surface area contributed by atoms with Gasteiger partial charge in [0.05, 0.1) is 12.1 Å². The van der Waals surface area contributed by atoms with Gasteiger partial charge < -0.3 is 5.32 Å². The number of halogens is 1. The number of nitrogens with zero attached hydrogens (tertiary/aromatic N) is 1.